The Hall–Kier alpha value is -3.37. The van der Waals surface area contributed by atoms with Crippen molar-refractivity contribution in [3.63, 3.8) is 0 Å². The fraction of sp³-hybridized carbons (Fsp3) is 0.567. The third-order valence-electron chi connectivity index (χ3n) is 18.7. The van der Waals surface area contributed by atoms with Crippen molar-refractivity contribution >= 4 is 57.8 Å². The van der Waals surface area contributed by atoms with Crippen molar-refractivity contribution in [3.05, 3.63) is 110 Å². The Balaban J connectivity index is 1.31. The fourth-order valence-corrected chi connectivity index (χ4v) is 16.5. The van der Waals surface area contributed by atoms with Gasteiger partial charge in [0.25, 0.3) is 6.71 Å². The summed E-state index contributed by atoms with van der Waals surface area (Å²) in [6.45, 7) is 45.4. The van der Waals surface area contributed by atoms with Crippen LogP contribution in [0.25, 0.3) is 0 Å². The summed E-state index contributed by atoms with van der Waals surface area (Å²) in [5.74, 6) is 0.435. The number of fused-ring (bicyclic) bond motifs is 10. The van der Waals surface area contributed by atoms with E-state index >= 15 is 0 Å². The van der Waals surface area contributed by atoms with Crippen molar-refractivity contribution in [2.24, 2.45) is 16.7 Å². The van der Waals surface area contributed by atoms with Gasteiger partial charge in [-0.1, -0.05) is 148 Å². The van der Waals surface area contributed by atoms with E-state index in [0.717, 1.165) is 0 Å². The second-order valence-electron chi connectivity index (χ2n) is 27.6. The van der Waals surface area contributed by atoms with Gasteiger partial charge < -0.3 is 9.80 Å². The largest absolute Gasteiger partial charge is 0.314 e. The van der Waals surface area contributed by atoms with E-state index in [-0.39, 0.29) is 50.0 Å². The average Bonchev–Trinajstić information content (AvgIpc) is 3.62. The van der Waals surface area contributed by atoms with Gasteiger partial charge in [-0.2, -0.15) is 0 Å². The van der Waals surface area contributed by atoms with Crippen LogP contribution in [-0.4, -0.2) is 12.0 Å². The van der Waals surface area contributed by atoms with Gasteiger partial charge >= 0.3 is 0 Å². The van der Waals surface area contributed by atoms with Crippen LogP contribution in [0.3, 0.4) is 0 Å². The molecule has 336 valence electrons. The fourth-order valence-electron chi connectivity index (χ4n) is 14.4. The molecular weight excluding hydrogens is 792 g/mol. The molecule has 0 N–H and O–H groups in total. The molecule has 2 nitrogen and oxygen atoms in total. The average molecular weight is 869 g/mol. The van der Waals surface area contributed by atoms with Gasteiger partial charge in [0.2, 0.25) is 0 Å². The number of hydrogen-bond donors (Lipinski definition) is 0. The highest BCUT2D eigenvalue weighted by atomic mass is 32.2. The Morgan fingerprint density at radius 3 is 1.78 bits per heavy atom. The molecule has 4 aliphatic heterocycles. The summed E-state index contributed by atoms with van der Waals surface area (Å²) in [5.41, 5.74) is 24.8. The molecule has 0 saturated heterocycles. The van der Waals surface area contributed by atoms with Gasteiger partial charge in [-0.15, -0.1) is 11.8 Å². The monoisotopic (exact) mass is 869 g/mol. The second-order valence-corrected chi connectivity index (χ2v) is 28.8. The van der Waals surface area contributed by atoms with E-state index < -0.39 is 0 Å². The summed E-state index contributed by atoms with van der Waals surface area (Å²) in [6, 6.07) is 23.1. The number of aryl methyl sites for hydroxylation is 1. The molecule has 1 saturated carbocycles. The molecule has 1 fully saturated rings. The Bertz CT molecular complexity index is 2750. The lowest BCUT2D eigenvalue weighted by molar-refractivity contribution is 0.0881. The van der Waals surface area contributed by atoms with Crippen LogP contribution in [0.1, 0.15) is 201 Å². The first-order valence-corrected chi connectivity index (χ1v) is 26.1. The predicted molar refractivity (Wildman–Crippen MR) is 280 cm³/mol. The lowest BCUT2D eigenvalue weighted by atomic mass is 9.35. The normalized spacial score (nSPS) is 27.0. The zero-order chi connectivity index (χ0) is 46.0. The summed E-state index contributed by atoms with van der Waals surface area (Å²) in [5, 5.41) is 0.508. The molecule has 0 bridgehead atoms. The zero-order valence-corrected chi connectivity index (χ0v) is 43.8. The van der Waals surface area contributed by atoms with E-state index in [9.17, 15) is 0 Å². The van der Waals surface area contributed by atoms with Gasteiger partial charge in [-0.3, -0.25) is 0 Å². The molecule has 64 heavy (non-hydrogen) atoms. The van der Waals surface area contributed by atoms with Crippen LogP contribution in [0.5, 0.6) is 0 Å². The zero-order valence-electron chi connectivity index (χ0n) is 43.0. The number of rotatable bonds is 1. The molecule has 0 spiro atoms. The maximum atomic E-state index is 2.90. The molecule has 0 amide bonds. The molecule has 3 atom stereocenters. The van der Waals surface area contributed by atoms with Gasteiger partial charge in [-0.25, -0.2) is 0 Å². The summed E-state index contributed by atoms with van der Waals surface area (Å²) in [6.07, 6.45) is 7.33. The number of allylic oxidation sites excluding steroid dienone is 1. The second kappa shape index (κ2) is 12.8. The highest BCUT2D eigenvalue weighted by Gasteiger charge is 2.62. The van der Waals surface area contributed by atoms with E-state index in [1.54, 1.807) is 43.8 Å². The smallest absolute Gasteiger partial charge is 0.259 e. The van der Waals surface area contributed by atoms with Crippen LogP contribution < -0.4 is 20.7 Å². The topological polar surface area (TPSA) is 6.48 Å². The van der Waals surface area contributed by atoms with Gasteiger partial charge in [-0.05, 0) is 168 Å². The molecule has 4 heteroatoms. The summed E-state index contributed by atoms with van der Waals surface area (Å²) in [4.78, 5) is 7.36. The van der Waals surface area contributed by atoms with Crippen molar-refractivity contribution in [2.45, 2.75) is 201 Å². The van der Waals surface area contributed by atoms with Gasteiger partial charge in [0.15, 0.2) is 0 Å². The standard InChI is InChI=1S/C60H77BN2S/c1-34-31-39-43(57(12,13)26-25-56(39,10)11)45-48(34)63-42-33-36(54(5,6)7)32-41-47(42)61(40-24-23-38-44(49(40)63)60(45,18)30-29-55(38,8)9)52-50(46-51(64-52)59(16,17)28-27-58(46,14)15)62(41)37-21-19-35(20-22-37)53(2,3)4/h19-24,31-33,46,51H,25-30H2,1-18H3. The van der Waals surface area contributed by atoms with Crippen molar-refractivity contribution in [1.82, 2.24) is 0 Å². The lowest BCUT2D eigenvalue weighted by Gasteiger charge is -2.57. The van der Waals surface area contributed by atoms with Gasteiger partial charge in [0.05, 0.1) is 5.69 Å². The number of benzene rings is 4. The van der Waals surface area contributed by atoms with Crippen LogP contribution in [0.4, 0.5) is 28.4 Å². The van der Waals surface area contributed by atoms with Gasteiger partial charge in [0, 0.05) is 45.0 Å². The number of thioether (sulfide) groups is 1. The predicted octanol–water partition coefficient (Wildman–Crippen LogP) is 15.5. The molecule has 4 aromatic rings. The first kappa shape index (κ1) is 43.2. The summed E-state index contributed by atoms with van der Waals surface area (Å²) in [7, 11) is 0. The number of nitrogens with zero attached hydrogens (tertiary/aromatic N) is 2. The number of hydrogen-bond acceptors (Lipinski definition) is 3. The van der Waals surface area contributed by atoms with Crippen molar-refractivity contribution in [3.8, 4) is 0 Å². The van der Waals surface area contributed by atoms with Crippen LogP contribution in [0, 0.1) is 23.7 Å². The van der Waals surface area contributed by atoms with Crippen LogP contribution in [0.2, 0.25) is 0 Å². The van der Waals surface area contributed by atoms with Gasteiger partial charge in [0.1, 0.15) is 0 Å². The molecule has 11 rings (SSSR count). The van der Waals surface area contributed by atoms with Crippen molar-refractivity contribution in [2.75, 3.05) is 9.80 Å². The maximum Gasteiger partial charge on any atom is 0.259 e. The first-order valence-electron chi connectivity index (χ1n) is 25.2. The van der Waals surface area contributed by atoms with E-state index in [1.807, 2.05) is 0 Å². The minimum absolute atomic E-state index is 0.0566. The Labute approximate surface area is 392 Å². The molecule has 3 unspecified atom stereocenters. The summed E-state index contributed by atoms with van der Waals surface area (Å²) < 4.78 is 0. The molecule has 7 aliphatic rings. The van der Waals surface area contributed by atoms with E-state index in [0.29, 0.717) is 11.2 Å². The highest BCUT2D eigenvalue weighted by Crippen LogP contribution is 2.68. The SMILES string of the molecule is Cc1cc2c(c3c1N1c4cc(C(C)(C)C)cc5c4B(C4=C(C6C(S4)C(C)(C)CCC6(C)C)N5c4ccc(C(C)(C)C)cc4)c4ccc5c(c41)C3(C)CCC5(C)C)C(C)(C)CCC2(C)C. The molecule has 0 radical (unpaired) electrons. The minimum Gasteiger partial charge on any atom is -0.314 e. The first-order chi connectivity index (χ1) is 29.5. The van der Waals surface area contributed by atoms with E-state index in [2.05, 4.69) is 201 Å². The number of anilines is 5. The Kier molecular flexibility index (Phi) is 8.63. The van der Waals surface area contributed by atoms with Crippen LogP contribution >= 0.6 is 11.8 Å². The minimum atomic E-state index is -0.0989. The Morgan fingerprint density at radius 2 is 1.14 bits per heavy atom. The molecule has 4 aromatic carbocycles. The quantitative estimate of drug-likeness (QED) is 0.176. The summed E-state index contributed by atoms with van der Waals surface area (Å²) >= 11 is 2.29. The maximum absolute atomic E-state index is 2.90. The molecule has 4 heterocycles. The van der Waals surface area contributed by atoms with Crippen LogP contribution in [0.15, 0.2) is 65.1 Å². The van der Waals surface area contributed by atoms with Crippen molar-refractivity contribution < 1.29 is 0 Å². The molecular formula is C60H77BN2S. The van der Waals surface area contributed by atoms with Crippen molar-refractivity contribution in [1.29, 1.82) is 0 Å². The van der Waals surface area contributed by atoms with E-state index in [1.165, 1.54) is 89.1 Å². The third-order valence-corrected chi connectivity index (χ3v) is 20.6. The molecule has 0 aromatic heterocycles. The molecule has 3 aliphatic carbocycles. The lowest BCUT2D eigenvalue weighted by Crippen LogP contribution is -2.58. The van der Waals surface area contributed by atoms with Crippen LogP contribution in [-0.2, 0) is 32.5 Å². The highest BCUT2D eigenvalue weighted by molar-refractivity contribution is 8.06. The Morgan fingerprint density at radius 1 is 0.562 bits per heavy atom. The van der Waals surface area contributed by atoms with E-state index in [4.69, 9.17) is 0 Å². The third kappa shape index (κ3) is 5.59.